The van der Waals surface area contributed by atoms with Gasteiger partial charge < -0.3 is 20.1 Å². The third-order valence-corrected chi connectivity index (χ3v) is 4.78. The van der Waals surface area contributed by atoms with Gasteiger partial charge in [-0.3, -0.25) is 9.89 Å². The minimum Gasteiger partial charge on any atom is -0.488 e. The van der Waals surface area contributed by atoms with Gasteiger partial charge in [0, 0.05) is 33.2 Å². The van der Waals surface area contributed by atoms with Gasteiger partial charge in [0.25, 0.3) is 0 Å². The molecule has 6 nitrogen and oxygen atoms in total. The Hall–Kier alpha value is -1.27. The fourth-order valence-corrected chi connectivity index (χ4v) is 3.28. The summed E-state index contributed by atoms with van der Waals surface area (Å²) in [6.45, 7) is 10.7. The quantitative estimate of drug-likeness (QED) is 0.211. The van der Waals surface area contributed by atoms with Crippen LogP contribution >= 0.6 is 24.0 Å². The van der Waals surface area contributed by atoms with Crippen molar-refractivity contribution in [3.63, 3.8) is 0 Å². The van der Waals surface area contributed by atoms with E-state index < -0.39 is 17.3 Å². The summed E-state index contributed by atoms with van der Waals surface area (Å²) in [5.41, 5.74) is -1.14. The lowest BCUT2D eigenvalue weighted by molar-refractivity contribution is -0.138. The second-order valence-corrected chi connectivity index (χ2v) is 8.54. The van der Waals surface area contributed by atoms with Gasteiger partial charge in [0.2, 0.25) is 0 Å². The Morgan fingerprint density at radius 3 is 2.41 bits per heavy atom. The average molecular weight is 572 g/mol. The maximum Gasteiger partial charge on any atom is 0.416 e. The van der Waals surface area contributed by atoms with E-state index in [1.54, 1.807) is 33.9 Å². The van der Waals surface area contributed by atoms with Crippen LogP contribution in [0.1, 0.15) is 44.7 Å². The highest BCUT2D eigenvalue weighted by atomic mass is 127. The number of aliphatic imine (C=N–C) groups is 1. The highest BCUT2D eigenvalue weighted by Gasteiger charge is 2.34. The van der Waals surface area contributed by atoms with Gasteiger partial charge in [0.05, 0.1) is 18.8 Å². The highest BCUT2D eigenvalue weighted by molar-refractivity contribution is 14.0. The fourth-order valence-electron chi connectivity index (χ4n) is 3.28. The number of benzene rings is 1. The molecule has 0 aliphatic carbocycles. The second-order valence-electron chi connectivity index (χ2n) is 8.54. The topological polar surface area (TPSA) is 58.1 Å². The molecular formula is C22H36F3IN4O2. The smallest absolute Gasteiger partial charge is 0.416 e. The predicted octanol–water partition coefficient (Wildman–Crippen LogP) is 4.28. The van der Waals surface area contributed by atoms with E-state index in [4.69, 9.17) is 9.47 Å². The first-order valence-electron chi connectivity index (χ1n) is 10.7. The van der Waals surface area contributed by atoms with Crippen LogP contribution in [0.3, 0.4) is 0 Å². The highest BCUT2D eigenvalue weighted by Crippen LogP contribution is 2.35. The van der Waals surface area contributed by atoms with Gasteiger partial charge in [-0.15, -0.1) is 24.0 Å². The lowest BCUT2D eigenvalue weighted by Crippen LogP contribution is -2.39. The lowest BCUT2D eigenvalue weighted by atomic mass is 10.1. The van der Waals surface area contributed by atoms with E-state index in [-0.39, 0.29) is 41.8 Å². The summed E-state index contributed by atoms with van der Waals surface area (Å²) in [4.78, 5) is 6.49. The maximum atomic E-state index is 13.6. The molecule has 0 amide bonds. The van der Waals surface area contributed by atoms with E-state index in [9.17, 15) is 13.2 Å². The molecule has 2 rings (SSSR count). The molecule has 1 saturated heterocycles. The monoisotopic (exact) mass is 572 g/mol. The van der Waals surface area contributed by atoms with E-state index in [0.717, 1.165) is 51.8 Å². The number of hydrogen-bond acceptors (Lipinski definition) is 4. The molecule has 0 unspecified atom stereocenters. The molecule has 0 bridgehead atoms. The number of nitrogens with one attached hydrogen (secondary N) is 2. The zero-order chi connectivity index (χ0) is 22.9. The minimum absolute atomic E-state index is 0. The molecule has 0 spiro atoms. The van der Waals surface area contributed by atoms with Crippen LogP contribution in [0.2, 0.25) is 0 Å². The first-order valence-corrected chi connectivity index (χ1v) is 10.7. The standard InChI is InChI=1S/C22H35F3N4O2.HI/c1-21(2,3)31-18-8-7-17(19(15-18)22(23,24)25)16-28-20(26-4)27-9-5-6-10-29-11-13-30-14-12-29;/h7-8,15H,5-6,9-14,16H2,1-4H3,(H2,26,27,28);1H. The lowest BCUT2D eigenvalue weighted by Gasteiger charge is -2.26. The Morgan fingerprint density at radius 2 is 1.81 bits per heavy atom. The molecule has 2 N–H and O–H groups in total. The van der Waals surface area contributed by atoms with Gasteiger partial charge in [-0.25, -0.2) is 0 Å². The van der Waals surface area contributed by atoms with Crippen LogP contribution in [0.15, 0.2) is 23.2 Å². The third kappa shape index (κ3) is 10.6. The number of halogens is 4. The van der Waals surface area contributed by atoms with Crippen molar-refractivity contribution in [2.45, 2.75) is 51.9 Å². The van der Waals surface area contributed by atoms with Crippen LogP contribution < -0.4 is 15.4 Å². The molecule has 1 fully saturated rings. The van der Waals surface area contributed by atoms with Crippen molar-refractivity contribution in [1.29, 1.82) is 0 Å². The molecule has 1 heterocycles. The summed E-state index contributed by atoms with van der Waals surface area (Å²) in [6, 6.07) is 4.08. The molecule has 32 heavy (non-hydrogen) atoms. The van der Waals surface area contributed by atoms with E-state index in [0.29, 0.717) is 12.5 Å². The SMILES string of the molecule is CN=C(NCCCCN1CCOCC1)NCc1ccc(OC(C)(C)C)cc1C(F)(F)F.I. The molecule has 1 aromatic carbocycles. The number of hydrogen-bond donors (Lipinski definition) is 2. The largest absolute Gasteiger partial charge is 0.488 e. The second kappa shape index (κ2) is 13.4. The van der Waals surface area contributed by atoms with Crippen LogP contribution in [-0.2, 0) is 17.5 Å². The molecule has 0 atom stereocenters. The summed E-state index contributed by atoms with van der Waals surface area (Å²) in [5, 5.41) is 6.15. The van der Waals surface area contributed by atoms with Crippen molar-refractivity contribution in [3.8, 4) is 5.75 Å². The van der Waals surface area contributed by atoms with Crippen LogP contribution in [-0.4, -0.2) is 62.9 Å². The number of alkyl halides is 3. The summed E-state index contributed by atoms with van der Waals surface area (Å²) in [7, 11) is 1.61. The zero-order valence-corrected chi connectivity index (χ0v) is 21.7. The predicted molar refractivity (Wildman–Crippen MR) is 132 cm³/mol. The van der Waals surface area contributed by atoms with Crippen molar-refractivity contribution < 1.29 is 22.6 Å². The summed E-state index contributed by atoms with van der Waals surface area (Å²) < 4.78 is 51.6. The first-order chi connectivity index (χ1) is 14.6. The Labute approximate surface area is 206 Å². The molecule has 10 heteroatoms. The van der Waals surface area contributed by atoms with E-state index in [1.807, 2.05) is 0 Å². The number of morpholine rings is 1. The number of ether oxygens (including phenoxy) is 2. The summed E-state index contributed by atoms with van der Waals surface area (Å²) in [6.07, 6.45) is -2.48. The van der Waals surface area contributed by atoms with Gasteiger partial charge in [-0.2, -0.15) is 13.2 Å². The number of nitrogens with zero attached hydrogens (tertiary/aromatic N) is 2. The van der Waals surface area contributed by atoms with Crippen molar-refractivity contribution in [3.05, 3.63) is 29.3 Å². The summed E-state index contributed by atoms with van der Waals surface area (Å²) >= 11 is 0. The molecule has 0 radical (unpaired) electrons. The van der Waals surface area contributed by atoms with E-state index in [2.05, 4.69) is 20.5 Å². The summed E-state index contributed by atoms with van der Waals surface area (Å²) in [5.74, 6) is 0.681. The van der Waals surface area contributed by atoms with E-state index in [1.165, 1.54) is 6.07 Å². The number of guanidine groups is 1. The van der Waals surface area contributed by atoms with Gasteiger partial charge in [0.15, 0.2) is 5.96 Å². The van der Waals surface area contributed by atoms with Crippen molar-refractivity contribution >= 4 is 29.9 Å². The Morgan fingerprint density at radius 1 is 1.12 bits per heavy atom. The number of unbranched alkanes of at least 4 members (excludes halogenated alkanes) is 1. The average Bonchev–Trinajstić information content (AvgIpc) is 2.69. The molecular weight excluding hydrogens is 536 g/mol. The van der Waals surface area contributed by atoms with Gasteiger partial charge >= 0.3 is 6.18 Å². The number of rotatable bonds is 8. The van der Waals surface area contributed by atoms with Crippen molar-refractivity contribution in [2.75, 3.05) is 46.4 Å². The molecule has 1 aromatic rings. The molecule has 1 aliphatic rings. The van der Waals surface area contributed by atoms with Crippen molar-refractivity contribution in [1.82, 2.24) is 15.5 Å². The van der Waals surface area contributed by atoms with Crippen molar-refractivity contribution in [2.24, 2.45) is 4.99 Å². The fraction of sp³-hybridized carbons (Fsp3) is 0.682. The Balaban J connectivity index is 0.00000512. The Bertz CT molecular complexity index is 718. The van der Waals surface area contributed by atoms with Crippen LogP contribution in [0, 0.1) is 0 Å². The van der Waals surface area contributed by atoms with Crippen LogP contribution in [0.25, 0.3) is 0 Å². The molecule has 0 aromatic heterocycles. The molecule has 0 saturated carbocycles. The first kappa shape index (κ1) is 28.8. The Kier molecular flexibility index (Phi) is 12.1. The van der Waals surface area contributed by atoms with E-state index >= 15 is 0 Å². The van der Waals surface area contributed by atoms with Gasteiger partial charge in [-0.1, -0.05) is 6.07 Å². The third-order valence-electron chi connectivity index (χ3n) is 4.78. The van der Waals surface area contributed by atoms with Crippen LogP contribution in [0.4, 0.5) is 13.2 Å². The molecule has 184 valence electrons. The minimum atomic E-state index is -4.47. The normalized spacial score (nSPS) is 15.8. The zero-order valence-electron chi connectivity index (χ0n) is 19.3. The maximum absolute atomic E-state index is 13.6. The van der Waals surface area contributed by atoms with Gasteiger partial charge in [0.1, 0.15) is 11.4 Å². The van der Waals surface area contributed by atoms with Gasteiger partial charge in [-0.05, 0) is 57.9 Å². The molecule has 1 aliphatic heterocycles. The van der Waals surface area contributed by atoms with Crippen LogP contribution in [0.5, 0.6) is 5.75 Å².